The second kappa shape index (κ2) is 11.0. The van der Waals surface area contributed by atoms with Gasteiger partial charge in [-0.3, -0.25) is 9.59 Å². The molecule has 0 fully saturated rings. The molecule has 0 bridgehead atoms. The number of hydrogen-bond acceptors (Lipinski definition) is 7. The minimum absolute atomic E-state index is 0.0637. The number of Topliss-reactive ketones (excluding diaryl/α,β-unsaturated/α-hetero) is 1. The van der Waals surface area contributed by atoms with Gasteiger partial charge >= 0.3 is 0 Å². The van der Waals surface area contributed by atoms with E-state index in [0.717, 1.165) is 10.8 Å². The minimum atomic E-state index is -0.197. The van der Waals surface area contributed by atoms with Crippen LogP contribution in [0.5, 0.6) is 11.5 Å². The van der Waals surface area contributed by atoms with Gasteiger partial charge in [0.1, 0.15) is 11.5 Å². The van der Waals surface area contributed by atoms with Gasteiger partial charge in [-0.1, -0.05) is 43.0 Å². The minimum Gasteiger partial charge on any atom is -0.497 e. The first kappa shape index (κ1) is 22.8. The molecular formula is C23H24N2O4S2. The fraction of sp³-hybridized carbons (Fsp3) is 0.261. The number of carbonyl (C=O) groups excluding carboxylic acids is 2. The van der Waals surface area contributed by atoms with Crippen molar-refractivity contribution < 1.29 is 19.1 Å². The number of nitrogens with one attached hydrogen (secondary N) is 1. The van der Waals surface area contributed by atoms with E-state index < -0.39 is 0 Å². The number of ether oxygens (including phenoxy) is 2. The Morgan fingerprint density at radius 3 is 2.55 bits per heavy atom. The number of aryl methyl sites for hydroxylation is 1. The van der Waals surface area contributed by atoms with Crippen LogP contribution in [0.15, 0.2) is 52.2 Å². The number of methoxy groups -OCH3 is 2. The number of benzene rings is 2. The van der Waals surface area contributed by atoms with E-state index in [1.807, 2.05) is 29.6 Å². The van der Waals surface area contributed by atoms with Crippen molar-refractivity contribution in [2.75, 3.05) is 25.3 Å². The van der Waals surface area contributed by atoms with Crippen molar-refractivity contribution in [1.82, 2.24) is 4.98 Å². The van der Waals surface area contributed by atoms with Gasteiger partial charge < -0.3 is 14.8 Å². The summed E-state index contributed by atoms with van der Waals surface area (Å²) in [6.07, 6.45) is 1.09. The maximum absolute atomic E-state index is 12.4. The first-order chi connectivity index (χ1) is 15.0. The van der Waals surface area contributed by atoms with E-state index in [2.05, 4.69) is 17.2 Å². The quantitative estimate of drug-likeness (QED) is 0.346. The summed E-state index contributed by atoms with van der Waals surface area (Å²) in [5.41, 5.74) is 3.14. The molecule has 0 unspecified atom stereocenters. The SMILES string of the molecule is CCc1ccc(C(=O)CSc2nc(CC(=O)Nc3ccc(OC)cc3OC)cs2)cc1. The zero-order chi connectivity index (χ0) is 22.2. The Balaban J connectivity index is 1.53. The lowest BCUT2D eigenvalue weighted by Crippen LogP contribution is -2.15. The molecule has 1 heterocycles. The predicted octanol–water partition coefficient (Wildman–Crippen LogP) is 4.88. The third-order valence-corrected chi connectivity index (χ3v) is 6.64. The van der Waals surface area contributed by atoms with Gasteiger partial charge in [-0.05, 0) is 24.1 Å². The zero-order valence-electron chi connectivity index (χ0n) is 17.6. The Hall–Kier alpha value is -2.84. The van der Waals surface area contributed by atoms with Crippen molar-refractivity contribution in [3.8, 4) is 11.5 Å². The van der Waals surface area contributed by atoms with Crippen LogP contribution >= 0.6 is 23.1 Å². The molecule has 8 heteroatoms. The third-order valence-electron chi connectivity index (χ3n) is 4.57. The lowest BCUT2D eigenvalue weighted by molar-refractivity contribution is -0.115. The molecule has 0 spiro atoms. The maximum Gasteiger partial charge on any atom is 0.230 e. The summed E-state index contributed by atoms with van der Waals surface area (Å²) >= 11 is 2.82. The first-order valence-corrected chi connectivity index (χ1v) is 11.6. The van der Waals surface area contributed by atoms with Crippen LogP contribution in [-0.4, -0.2) is 36.6 Å². The average molecular weight is 457 g/mol. The van der Waals surface area contributed by atoms with Gasteiger partial charge in [0.25, 0.3) is 0 Å². The Labute approximate surface area is 190 Å². The van der Waals surface area contributed by atoms with E-state index in [1.165, 1.54) is 35.8 Å². The molecule has 0 saturated carbocycles. The highest BCUT2D eigenvalue weighted by Gasteiger charge is 2.13. The maximum atomic E-state index is 12.4. The van der Waals surface area contributed by atoms with Gasteiger partial charge in [0.15, 0.2) is 10.1 Å². The summed E-state index contributed by atoms with van der Waals surface area (Å²) in [6.45, 7) is 2.08. The molecule has 3 aromatic rings. The van der Waals surface area contributed by atoms with E-state index in [9.17, 15) is 9.59 Å². The number of amides is 1. The number of anilines is 1. The largest absolute Gasteiger partial charge is 0.497 e. The van der Waals surface area contributed by atoms with Crippen LogP contribution in [0.25, 0.3) is 0 Å². The second-order valence-corrected chi connectivity index (χ2v) is 8.74. The van der Waals surface area contributed by atoms with Crippen LogP contribution in [0.1, 0.15) is 28.5 Å². The predicted molar refractivity (Wildman–Crippen MR) is 125 cm³/mol. The molecule has 6 nitrogen and oxygen atoms in total. The molecule has 3 rings (SSSR count). The fourth-order valence-electron chi connectivity index (χ4n) is 2.83. The van der Waals surface area contributed by atoms with Gasteiger partial charge in [0, 0.05) is 17.0 Å². The molecule has 0 aliphatic rings. The van der Waals surface area contributed by atoms with Crippen LogP contribution in [0.4, 0.5) is 5.69 Å². The molecule has 1 amide bonds. The summed E-state index contributed by atoms with van der Waals surface area (Å²) in [4.78, 5) is 29.3. The molecule has 0 aliphatic carbocycles. The Kier molecular flexibility index (Phi) is 8.08. The highest BCUT2D eigenvalue weighted by molar-refractivity contribution is 8.01. The molecule has 162 valence electrons. The molecular weight excluding hydrogens is 432 g/mol. The molecule has 1 N–H and O–H groups in total. The second-order valence-electron chi connectivity index (χ2n) is 6.66. The molecule has 0 atom stereocenters. The number of thioether (sulfide) groups is 1. The summed E-state index contributed by atoms with van der Waals surface area (Å²) in [6, 6.07) is 12.9. The van der Waals surface area contributed by atoms with Crippen LogP contribution < -0.4 is 14.8 Å². The molecule has 31 heavy (non-hydrogen) atoms. The van der Waals surface area contributed by atoms with Crippen LogP contribution in [0.2, 0.25) is 0 Å². The van der Waals surface area contributed by atoms with E-state index >= 15 is 0 Å². The lowest BCUT2D eigenvalue weighted by Gasteiger charge is -2.11. The number of ketones is 1. The van der Waals surface area contributed by atoms with Crippen molar-refractivity contribution in [1.29, 1.82) is 0 Å². The standard InChI is InChI=1S/C23H24N2O4S2/c1-4-15-5-7-16(8-6-15)20(26)14-31-23-24-17(13-30-23)11-22(27)25-19-10-9-18(28-2)12-21(19)29-3/h5-10,12-13H,4,11,14H2,1-3H3,(H,25,27). The first-order valence-electron chi connectivity index (χ1n) is 9.73. The Bertz CT molecular complexity index is 1050. The van der Waals surface area contributed by atoms with Gasteiger partial charge in [0.2, 0.25) is 5.91 Å². The molecule has 1 aromatic heterocycles. The van der Waals surface area contributed by atoms with Crippen molar-refractivity contribution in [3.05, 3.63) is 64.7 Å². The number of rotatable bonds is 10. The van der Waals surface area contributed by atoms with Crippen molar-refractivity contribution in [2.45, 2.75) is 24.1 Å². The molecule has 0 aliphatic heterocycles. The lowest BCUT2D eigenvalue weighted by atomic mass is 10.1. The van der Waals surface area contributed by atoms with Crippen molar-refractivity contribution in [3.63, 3.8) is 0 Å². The molecule has 0 saturated heterocycles. The van der Waals surface area contributed by atoms with Crippen LogP contribution in [-0.2, 0) is 17.6 Å². The summed E-state index contributed by atoms with van der Waals surface area (Å²) in [5, 5.41) is 4.68. The van der Waals surface area contributed by atoms with E-state index in [0.29, 0.717) is 34.2 Å². The monoisotopic (exact) mass is 456 g/mol. The van der Waals surface area contributed by atoms with Crippen molar-refractivity contribution in [2.24, 2.45) is 0 Å². The summed E-state index contributed by atoms with van der Waals surface area (Å²) in [5.74, 6) is 1.35. The number of thiazole rings is 1. The number of nitrogens with zero attached hydrogens (tertiary/aromatic N) is 1. The highest BCUT2D eigenvalue weighted by Crippen LogP contribution is 2.29. The Morgan fingerprint density at radius 2 is 1.87 bits per heavy atom. The molecule has 2 aromatic carbocycles. The summed E-state index contributed by atoms with van der Waals surface area (Å²) in [7, 11) is 3.11. The molecule has 0 radical (unpaired) electrons. The normalized spacial score (nSPS) is 10.5. The van der Waals surface area contributed by atoms with Gasteiger partial charge in [0.05, 0.1) is 37.8 Å². The van der Waals surface area contributed by atoms with E-state index in [1.54, 1.807) is 25.3 Å². The summed E-state index contributed by atoms with van der Waals surface area (Å²) < 4.78 is 11.2. The fourth-order valence-corrected chi connectivity index (χ4v) is 4.57. The van der Waals surface area contributed by atoms with Gasteiger partial charge in [-0.15, -0.1) is 11.3 Å². The average Bonchev–Trinajstić information content (AvgIpc) is 3.24. The van der Waals surface area contributed by atoms with Gasteiger partial charge in [-0.25, -0.2) is 4.98 Å². The number of hydrogen-bond donors (Lipinski definition) is 1. The smallest absolute Gasteiger partial charge is 0.230 e. The number of aromatic nitrogens is 1. The zero-order valence-corrected chi connectivity index (χ0v) is 19.3. The van der Waals surface area contributed by atoms with Crippen LogP contribution in [0, 0.1) is 0 Å². The Morgan fingerprint density at radius 1 is 1.10 bits per heavy atom. The van der Waals surface area contributed by atoms with Gasteiger partial charge in [-0.2, -0.15) is 0 Å². The third kappa shape index (κ3) is 6.32. The topological polar surface area (TPSA) is 77.5 Å². The number of carbonyl (C=O) groups is 2. The van der Waals surface area contributed by atoms with Crippen LogP contribution in [0.3, 0.4) is 0 Å². The van der Waals surface area contributed by atoms with E-state index in [-0.39, 0.29) is 18.1 Å². The van der Waals surface area contributed by atoms with Crippen molar-refractivity contribution >= 4 is 40.5 Å². The highest BCUT2D eigenvalue weighted by atomic mass is 32.2. The van der Waals surface area contributed by atoms with E-state index in [4.69, 9.17) is 9.47 Å².